The Balaban J connectivity index is 2.28. The number of nitrogens with two attached hydrogens (primary N) is 1. The van der Waals surface area contributed by atoms with Crippen LogP contribution in [0.5, 0.6) is 0 Å². The van der Waals surface area contributed by atoms with Crippen LogP contribution in [0.25, 0.3) is 0 Å². The monoisotopic (exact) mass is 191 g/mol. The van der Waals surface area contributed by atoms with E-state index >= 15 is 0 Å². The average molecular weight is 191 g/mol. The molecule has 0 aliphatic carbocycles. The number of nitrogen functional groups attached to an aromatic ring is 1. The molecule has 1 saturated heterocycles. The van der Waals surface area contributed by atoms with Gasteiger partial charge in [0.1, 0.15) is 0 Å². The zero-order valence-electron chi connectivity index (χ0n) is 8.08. The van der Waals surface area contributed by atoms with Crippen LogP contribution in [0.4, 0.5) is 5.69 Å². The maximum Gasteiger partial charge on any atom is 0.220 e. The summed E-state index contributed by atoms with van der Waals surface area (Å²) in [6.07, 6.45) is 2.18. The highest BCUT2D eigenvalue weighted by Gasteiger charge is 2.25. The van der Waals surface area contributed by atoms with Crippen molar-refractivity contribution in [1.29, 1.82) is 0 Å². The molecule has 74 valence electrons. The number of hydrogen-bond donors (Lipinski definition) is 2. The van der Waals surface area contributed by atoms with Gasteiger partial charge in [-0.25, -0.2) is 0 Å². The van der Waals surface area contributed by atoms with E-state index in [4.69, 9.17) is 5.73 Å². The number of aromatic nitrogens is 1. The number of hydrogen-bond acceptors (Lipinski definition) is 3. The summed E-state index contributed by atoms with van der Waals surface area (Å²) in [5, 5.41) is 2.80. The Kier molecular flexibility index (Phi) is 2.11. The molecule has 2 rings (SSSR count). The quantitative estimate of drug-likeness (QED) is 0.682. The Labute approximate surface area is 82.5 Å². The number of aryl methyl sites for hydroxylation is 1. The van der Waals surface area contributed by atoms with Crippen LogP contribution in [0.3, 0.4) is 0 Å². The largest absolute Gasteiger partial charge is 0.397 e. The lowest BCUT2D eigenvalue weighted by Gasteiger charge is -2.10. The Bertz CT molecular complexity index is 376. The average Bonchev–Trinajstić information content (AvgIpc) is 2.51. The highest BCUT2D eigenvalue weighted by atomic mass is 16.1. The van der Waals surface area contributed by atoms with Crippen LogP contribution < -0.4 is 11.1 Å². The fraction of sp³-hybridized carbons (Fsp3) is 0.400. The number of carbonyl (C=O) groups is 1. The van der Waals surface area contributed by atoms with Crippen LogP contribution in [0.1, 0.15) is 23.6 Å². The summed E-state index contributed by atoms with van der Waals surface area (Å²) in [6.45, 7) is 2.66. The molecule has 1 atom stereocenters. The van der Waals surface area contributed by atoms with E-state index in [-0.39, 0.29) is 11.8 Å². The van der Waals surface area contributed by atoms with Crippen molar-refractivity contribution in [1.82, 2.24) is 10.3 Å². The zero-order valence-corrected chi connectivity index (χ0v) is 8.08. The molecular weight excluding hydrogens is 178 g/mol. The van der Waals surface area contributed by atoms with Gasteiger partial charge in [0, 0.05) is 24.6 Å². The maximum absolute atomic E-state index is 11.0. The fourth-order valence-corrected chi connectivity index (χ4v) is 1.83. The molecule has 4 nitrogen and oxygen atoms in total. The van der Waals surface area contributed by atoms with Crippen molar-refractivity contribution in [3.8, 4) is 0 Å². The fourth-order valence-electron chi connectivity index (χ4n) is 1.83. The summed E-state index contributed by atoms with van der Waals surface area (Å²) in [6, 6.07) is 1.89. The van der Waals surface area contributed by atoms with Gasteiger partial charge in [0.25, 0.3) is 0 Å². The number of nitrogens with zero attached hydrogens (tertiary/aromatic N) is 1. The first-order chi connectivity index (χ1) is 6.66. The molecule has 0 unspecified atom stereocenters. The van der Waals surface area contributed by atoms with Gasteiger partial charge in [-0.3, -0.25) is 9.78 Å². The third-order valence-electron chi connectivity index (χ3n) is 2.50. The number of nitrogens with one attached hydrogen (secondary N) is 1. The Morgan fingerprint density at radius 1 is 1.64 bits per heavy atom. The minimum atomic E-state index is 0.105. The molecule has 3 N–H and O–H groups in total. The van der Waals surface area contributed by atoms with Gasteiger partial charge in [-0.1, -0.05) is 0 Å². The van der Waals surface area contributed by atoms with Gasteiger partial charge in [-0.2, -0.15) is 0 Å². The minimum Gasteiger partial charge on any atom is -0.397 e. The first-order valence-corrected chi connectivity index (χ1v) is 4.65. The predicted octanol–water partition coefficient (Wildman–Crippen LogP) is 0.576. The van der Waals surface area contributed by atoms with Gasteiger partial charge in [0.05, 0.1) is 11.9 Å². The minimum absolute atomic E-state index is 0.105. The SMILES string of the molecule is Cc1cc(N)cnc1[C@H]1CNC(=O)C1. The lowest BCUT2D eigenvalue weighted by Crippen LogP contribution is -2.14. The number of carbonyl (C=O) groups excluding carboxylic acids is 1. The summed E-state index contributed by atoms with van der Waals surface area (Å²) < 4.78 is 0. The van der Waals surface area contributed by atoms with Crippen molar-refractivity contribution < 1.29 is 4.79 Å². The van der Waals surface area contributed by atoms with E-state index in [0.717, 1.165) is 11.3 Å². The molecule has 1 amide bonds. The van der Waals surface area contributed by atoms with Crippen molar-refractivity contribution in [3.05, 3.63) is 23.5 Å². The van der Waals surface area contributed by atoms with Crippen molar-refractivity contribution in [2.75, 3.05) is 12.3 Å². The molecule has 2 heterocycles. The Hall–Kier alpha value is -1.58. The van der Waals surface area contributed by atoms with E-state index in [1.807, 2.05) is 13.0 Å². The standard InChI is InChI=1S/C10H13N3O/c1-6-2-8(11)5-13-10(6)7-3-9(14)12-4-7/h2,5,7H,3-4,11H2,1H3,(H,12,14)/t7-/m1/s1. The molecule has 1 aliphatic rings. The molecule has 0 bridgehead atoms. The third kappa shape index (κ3) is 1.55. The highest BCUT2D eigenvalue weighted by molar-refractivity contribution is 5.79. The van der Waals surface area contributed by atoms with Crippen LogP contribution in [-0.4, -0.2) is 17.4 Å². The molecule has 1 aromatic rings. The van der Waals surface area contributed by atoms with Gasteiger partial charge in [-0.15, -0.1) is 0 Å². The summed E-state index contributed by atoms with van der Waals surface area (Å²) >= 11 is 0. The lowest BCUT2D eigenvalue weighted by atomic mass is 10.00. The predicted molar refractivity (Wildman–Crippen MR) is 53.8 cm³/mol. The van der Waals surface area contributed by atoms with E-state index in [1.54, 1.807) is 6.20 Å². The zero-order chi connectivity index (χ0) is 10.1. The highest BCUT2D eigenvalue weighted by Crippen LogP contribution is 2.24. The molecule has 0 saturated carbocycles. The first kappa shape index (κ1) is 8.99. The van der Waals surface area contributed by atoms with Crippen LogP contribution in [-0.2, 0) is 4.79 Å². The van der Waals surface area contributed by atoms with Gasteiger partial charge in [0.2, 0.25) is 5.91 Å². The van der Waals surface area contributed by atoms with Gasteiger partial charge >= 0.3 is 0 Å². The second kappa shape index (κ2) is 3.29. The van der Waals surface area contributed by atoms with Gasteiger partial charge in [0.15, 0.2) is 0 Å². The van der Waals surface area contributed by atoms with Crippen LogP contribution in [0.15, 0.2) is 12.3 Å². The molecule has 1 aromatic heterocycles. The molecule has 4 heteroatoms. The van der Waals surface area contributed by atoms with Gasteiger partial charge in [-0.05, 0) is 18.6 Å². The van der Waals surface area contributed by atoms with E-state index in [0.29, 0.717) is 18.7 Å². The Morgan fingerprint density at radius 3 is 3.00 bits per heavy atom. The van der Waals surface area contributed by atoms with Crippen LogP contribution in [0, 0.1) is 6.92 Å². The summed E-state index contributed by atoms with van der Waals surface area (Å²) in [5.41, 5.74) is 8.32. The number of pyridine rings is 1. The van der Waals surface area contributed by atoms with Crippen molar-refractivity contribution >= 4 is 11.6 Å². The van der Waals surface area contributed by atoms with Crippen molar-refractivity contribution in [2.45, 2.75) is 19.3 Å². The molecule has 0 aromatic carbocycles. The third-order valence-corrected chi connectivity index (χ3v) is 2.50. The number of rotatable bonds is 1. The van der Waals surface area contributed by atoms with E-state index in [2.05, 4.69) is 10.3 Å². The number of amides is 1. The smallest absolute Gasteiger partial charge is 0.220 e. The van der Waals surface area contributed by atoms with E-state index < -0.39 is 0 Å². The topological polar surface area (TPSA) is 68.0 Å². The van der Waals surface area contributed by atoms with Gasteiger partial charge < -0.3 is 11.1 Å². The summed E-state index contributed by atoms with van der Waals surface area (Å²) in [4.78, 5) is 15.3. The second-order valence-corrected chi connectivity index (χ2v) is 3.68. The first-order valence-electron chi connectivity index (χ1n) is 4.65. The molecule has 1 fully saturated rings. The molecule has 1 aliphatic heterocycles. The Morgan fingerprint density at radius 2 is 2.43 bits per heavy atom. The van der Waals surface area contributed by atoms with E-state index in [9.17, 15) is 4.79 Å². The number of anilines is 1. The lowest BCUT2D eigenvalue weighted by molar-refractivity contribution is -0.119. The molecule has 14 heavy (non-hydrogen) atoms. The molecule has 0 radical (unpaired) electrons. The summed E-state index contributed by atoms with van der Waals surface area (Å²) in [7, 11) is 0. The van der Waals surface area contributed by atoms with Crippen LogP contribution in [0.2, 0.25) is 0 Å². The van der Waals surface area contributed by atoms with Crippen LogP contribution >= 0.6 is 0 Å². The normalized spacial score (nSPS) is 20.9. The molecule has 0 spiro atoms. The van der Waals surface area contributed by atoms with Crippen molar-refractivity contribution in [3.63, 3.8) is 0 Å². The maximum atomic E-state index is 11.0. The second-order valence-electron chi connectivity index (χ2n) is 3.68. The molecular formula is C10H13N3O. The van der Waals surface area contributed by atoms with E-state index in [1.165, 1.54) is 0 Å². The summed E-state index contributed by atoms with van der Waals surface area (Å²) in [5.74, 6) is 0.316. The van der Waals surface area contributed by atoms with Crippen molar-refractivity contribution in [2.24, 2.45) is 0 Å².